The van der Waals surface area contributed by atoms with Crippen LogP contribution in [0.25, 0.3) is 0 Å². The van der Waals surface area contributed by atoms with Crippen LogP contribution >= 0.6 is 11.6 Å². The van der Waals surface area contributed by atoms with Crippen LogP contribution in [0.15, 0.2) is 36.4 Å². The Morgan fingerprint density at radius 2 is 1.83 bits per heavy atom. The summed E-state index contributed by atoms with van der Waals surface area (Å²) in [6, 6.07) is 9.50. The minimum atomic E-state index is -0.611. The summed E-state index contributed by atoms with van der Waals surface area (Å²) in [7, 11) is 0. The van der Waals surface area contributed by atoms with Crippen LogP contribution in [0, 0.1) is 23.0 Å². The van der Waals surface area contributed by atoms with Gasteiger partial charge in [-0.2, -0.15) is 5.26 Å². The number of nitrogens with one attached hydrogen (secondary N) is 1. The van der Waals surface area contributed by atoms with Gasteiger partial charge in [-0.05, 0) is 30.3 Å². The van der Waals surface area contributed by atoms with Crippen LogP contribution in [0.3, 0.4) is 0 Å². The maximum atomic E-state index is 13.4. The Hall–Kier alpha value is -2.12. The van der Waals surface area contributed by atoms with Crippen LogP contribution in [-0.2, 0) is 0 Å². The van der Waals surface area contributed by atoms with Crippen molar-refractivity contribution in [3.63, 3.8) is 0 Å². The van der Waals surface area contributed by atoms with Crippen molar-refractivity contribution in [2.24, 2.45) is 0 Å². The van der Waals surface area contributed by atoms with E-state index in [9.17, 15) is 8.78 Å². The third-order valence-electron chi connectivity index (χ3n) is 2.30. The molecular formula is C13H7ClF2N2. The van der Waals surface area contributed by atoms with Gasteiger partial charge in [-0.25, -0.2) is 8.78 Å². The van der Waals surface area contributed by atoms with Gasteiger partial charge in [0.25, 0.3) is 0 Å². The summed E-state index contributed by atoms with van der Waals surface area (Å²) in [4.78, 5) is 0. The molecule has 5 heteroatoms. The van der Waals surface area contributed by atoms with Crippen molar-refractivity contribution in [3.05, 3.63) is 58.6 Å². The van der Waals surface area contributed by atoms with E-state index in [2.05, 4.69) is 5.32 Å². The van der Waals surface area contributed by atoms with Crippen LogP contribution in [0.2, 0.25) is 5.02 Å². The normalized spacial score (nSPS) is 9.89. The predicted molar refractivity (Wildman–Crippen MR) is 65.8 cm³/mol. The minimum Gasteiger partial charge on any atom is -0.352 e. The molecule has 2 aromatic carbocycles. The number of rotatable bonds is 2. The first-order valence-corrected chi connectivity index (χ1v) is 5.39. The van der Waals surface area contributed by atoms with Crippen LogP contribution in [0.4, 0.5) is 20.2 Å². The van der Waals surface area contributed by atoms with E-state index in [1.165, 1.54) is 12.1 Å². The number of anilines is 2. The van der Waals surface area contributed by atoms with E-state index in [4.69, 9.17) is 16.9 Å². The van der Waals surface area contributed by atoms with Crippen LogP contribution in [-0.4, -0.2) is 0 Å². The molecule has 0 aromatic heterocycles. The fraction of sp³-hybridized carbons (Fsp3) is 0. The Labute approximate surface area is 107 Å². The summed E-state index contributed by atoms with van der Waals surface area (Å²) in [5.41, 5.74) is 0.575. The molecule has 0 spiro atoms. The molecule has 0 aliphatic carbocycles. The Balaban J connectivity index is 2.43. The second kappa shape index (κ2) is 5.03. The molecule has 2 rings (SSSR count). The Bertz CT molecular complexity index is 635. The van der Waals surface area contributed by atoms with E-state index < -0.39 is 11.6 Å². The van der Waals surface area contributed by atoms with Crippen LogP contribution < -0.4 is 5.32 Å². The number of halogens is 3. The van der Waals surface area contributed by atoms with Crippen molar-refractivity contribution < 1.29 is 8.78 Å². The maximum absolute atomic E-state index is 13.4. The SMILES string of the molecule is N#Cc1ccc(Cl)cc1Nc1cc(F)ccc1F. The van der Waals surface area contributed by atoms with Gasteiger partial charge in [-0.15, -0.1) is 0 Å². The zero-order valence-electron chi connectivity index (χ0n) is 9.05. The van der Waals surface area contributed by atoms with E-state index in [1.54, 1.807) is 6.07 Å². The van der Waals surface area contributed by atoms with Gasteiger partial charge in [0.15, 0.2) is 0 Å². The van der Waals surface area contributed by atoms with Gasteiger partial charge in [0.2, 0.25) is 0 Å². The lowest BCUT2D eigenvalue weighted by Gasteiger charge is -2.09. The molecule has 0 saturated carbocycles. The highest BCUT2D eigenvalue weighted by molar-refractivity contribution is 6.30. The average Bonchev–Trinajstić information content (AvgIpc) is 2.34. The quantitative estimate of drug-likeness (QED) is 0.881. The molecule has 0 saturated heterocycles. The average molecular weight is 265 g/mol. The second-order valence-corrected chi connectivity index (χ2v) is 3.99. The van der Waals surface area contributed by atoms with E-state index in [0.29, 0.717) is 16.3 Å². The fourth-order valence-corrected chi connectivity index (χ4v) is 1.63. The lowest BCUT2D eigenvalue weighted by Crippen LogP contribution is -1.97. The molecule has 0 radical (unpaired) electrons. The fourth-order valence-electron chi connectivity index (χ4n) is 1.46. The van der Waals surface area contributed by atoms with Crippen molar-refractivity contribution in [2.45, 2.75) is 0 Å². The number of hydrogen-bond acceptors (Lipinski definition) is 2. The first kappa shape index (κ1) is 12.3. The number of nitrogens with zero attached hydrogens (tertiary/aromatic N) is 1. The third-order valence-corrected chi connectivity index (χ3v) is 2.53. The van der Waals surface area contributed by atoms with E-state index in [1.807, 2.05) is 6.07 Å². The molecule has 0 heterocycles. The predicted octanol–water partition coefficient (Wildman–Crippen LogP) is 4.23. The molecule has 0 fully saturated rings. The van der Waals surface area contributed by atoms with Gasteiger partial charge in [0.05, 0.1) is 16.9 Å². The van der Waals surface area contributed by atoms with E-state index in [-0.39, 0.29) is 5.69 Å². The summed E-state index contributed by atoms with van der Waals surface area (Å²) in [5, 5.41) is 12.0. The summed E-state index contributed by atoms with van der Waals surface area (Å²) in [6.45, 7) is 0. The largest absolute Gasteiger partial charge is 0.352 e. The summed E-state index contributed by atoms with van der Waals surface area (Å²) < 4.78 is 26.5. The zero-order valence-corrected chi connectivity index (χ0v) is 9.80. The van der Waals surface area contributed by atoms with Gasteiger partial charge in [-0.3, -0.25) is 0 Å². The molecule has 0 unspecified atom stereocenters. The molecule has 0 atom stereocenters. The van der Waals surface area contributed by atoms with Crippen LogP contribution in [0.1, 0.15) is 5.56 Å². The molecule has 0 aliphatic heterocycles. The first-order valence-electron chi connectivity index (χ1n) is 5.02. The monoisotopic (exact) mass is 264 g/mol. The molecule has 0 bridgehead atoms. The van der Waals surface area contributed by atoms with Crippen molar-refractivity contribution in [1.82, 2.24) is 0 Å². The topological polar surface area (TPSA) is 35.8 Å². The second-order valence-electron chi connectivity index (χ2n) is 3.55. The Morgan fingerprint density at radius 1 is 1.06 bits per heavy atom. The number of hydrogen-bond donors (Lipinski definition) is 1. The molecule has 18 heavy (non-hydrogen) atoms. The molecule has 0 aliphatic rings. The summed E-state index contributed by atoms with van der Waals surface area (Å²) in [5.74, 6) is -1.18. The van der Waals surface area contributed by atoms with Gasteiger partial charge in [-0.1, -0.05) is 11.6 Å². The first-order chi connectivity index (χ1) is 8.60. The molecule has 2 nitrogen and oxygen atoms in total. The van der Waals surface area contributed by atoms with Crippen molar-refractivity contribution in [1.29, 1.82) is 5.26 Å². The van der Waals surface area contributed by atoms with E-state index >= 15 is 0 Å². The van der Waals surface area contributed by atoms with Gasteiger partial charge in [0, 0.05) is 11.1 Å². The minimum absolute atomic E-state index is 0.0474. The number of benzene rings is 2. The molecule has 0 amide bonds. The lowest BCUT2D eigenvalue weighted by atomic mass is 10.2. The highest BCUT2D eigenvalue weighted by Gasteiger charge is 2.08. The smallest absolute Gasteiger partial charge is 0.146 e. The highest BCUT2D eigenvalue weighted by atomic mass is 35.5. The Kier molecular flexibility index (Phi) is 3.45. The molecular weight excluding hydrogens is 258 g/mol. The lowest BCUT2D eigenvalue weighted by molar-refractivity contribution is 0.603. The highest BCUT2D eigenvalue weighted by Crippen LogP contribution is 2.26. The standard InChI is InChI=1S/C13H7ClF2N2/c14-9-2-1-8(7-17)12(5-9)18-13-6-10(15)3-4-11(13)16/h1-6,18H. The van der Waals surface area contributed by atoms with Gasteiger partial charge >= 0.3 is 0 Å². The van der Waals surface area contributed by atoms with Crippen molar-refractivity contribution in [3.8, 4) is 6.07 Å². The van der Waals surface area contributed by atoms with Crippen molar-refractivity contribution in [2.75, 3.05) is 5.32 Å². The summed E-state index contributed by atoms with van der Waals surface area (Å²) in [6.07, 6.45) is 0. The van der Waals surface area contributed by atoms with Crippen LogP contribution in [0.5, 0.6) is 0 Å². The maximum Gasteiger partial charge on any atom is 0.146 e. The summed E-state index contributed by atoms with van der Waals surface area (Å²) >= 11 is 5.79. The van der Waals surface area contributed by atoms with Crippen molar-refractivity contribution >= 4 is 23.0 Å². The molecule has 2 aromatic rings. The zero-order chi connectivity index (χ0) is 13.1. The molecule has 1 N–H and O–H groups in total. The number of nitriles is 1. The van der Waals surface area contributed by atoms with Gasteiger partial charge in [0.1, 0.15) is 17.7 Å². The third kappa shape index (κ3) is 2.58. The molecule has 90 valence electrons. The Morgan fingerprint density at radius 3 is 2.56 bits per heavy atom. The van der Waals surface area contributed by atoms with Gasteiger partial charge < -0.3 is 5.32 Å². The van der Waals surface area contributed by atoms with E-state index in [0.717, 1.165) is 18.2 Å².